The first-order valence-electron chi connectivity index (χ1n) is 6.36. The summed E-state index contributed by atoms with van der Waals surface area (Å²) in [6.07, 6.45) is 5.33. The molecule has 0 spiro atoms. The lowest BCUT2D eigenvalue weighted by molar-refractivity contribution is 0.0933. The van der Waals surface area contributed by atoms with Crippen LogP contribution in [0.25, 0.3) is 11.5 Å². The van der Waals surface area contributed by atoms with E-state index in [-0.39, 0.29) is 11.7 Å². The Morgan fingerprint density at radius 2 is 2.29 bits per heavy atom. The predicted octanol–water partition coefficient (Wildman–Crippen LogP) is 0.679. The van der Waals surface area contributed by atoms with Crippen LogP contribution in [0.15, 0.2) is 35.1 Å². The summed E-state index contributed by atoms with van der Waals surface area (Å²) in [5.41, 5.74) is 0.681. The van der Waals surface area contributed by atoms with Crippen molar-refractivity contribution in [3.63, 3.8) is 0 Å². The van der Waals surface area contributed by atoms with Gasteiger partial charge < -0.3 is 14.3 Å². The first-order chi connectivity index (χ1) is 10.2. The molecule has 3 aromatic rings. The fourth-order valence-electron chi connectivity index (χ4n) is 1.96. The SMILES string of the molecule is CNC(=O)c1ccc(Cn2cc(-c3nccn3C)nn2)o1. The highest BCUT2D eigenvalue weighted by molar-refractivity contribution is 5.91. The molecule has 1 amide bonds. The van der Waals surface area contributed by atoms with Crippen LogP contribution in [0.2, 0.25) is 0 Å². The summed E-state index contributed by atoms with van der Waals surface area (Å²) in [7, 11) is 3.45. The van der Waals surface area contributed by atoms with Crippen molar-refractivity contribution < 1.29 is 9.21 Å². The Morgan fingerprint density at radius 1 is 1.43 bits per heavy atom. The third kappa shape index (κ3) is 2.55. The number of imidazole rings is 1. The van der Waals surface area contributed by atoms with Gasteiger partial charge in [0.05, 0.1) is 6.20 Å². The first-order valence-corrected chi connectivity index (χ1v) is 6.36. The highest BCUT2D eigenvalue weighted by Gasteiger charge is 2.12. The number of carbonyl (C=O) groups is 1. The first kappa shape index (κ1) is 13.1. The van der Waals surface area contributed by atoms with Crippen LogP contribution < -0.4 is 5.32 Å². The van der Waals surface area contributed by atoms with Crippen LogP contribution in [0.4, 0.5) is 0 Å². The molecule has 0 aliphatic heterocycles. The number of aromatic nitrogens is 5. The van der Waals surface area contributed by atoms with Crippen molar-refractivity contribution in [2.75, 3.05) is 7.05 Å². The van der Waals surface area contributed by atoms with E-state index in [9.17, 15) is 4.79 Å². The van der Waals surface area contributed by atoms with Gasteiger partial charge in [0.2, 0.25) is 0 Å². The maximum absolute atomic E-state index is 11.4. The van der Waals surface area contributed by atoms with Crippen molar-refractivity contribution in [2.24, 2.45) is 7.05 Å². The van der Waals surface area contributed by atoms with E-state index in [2.05, 4.69) is 20.6 Å². The third-order valence-corrected chi connectivity index (χ3v) is 3.02. The Kier molecular flexibility index (Phi) is 3.27. The molecule has 0 unspecified atom stereocenters. The van der Waals surface area contributed by atoms with Gasteiger partial charge in [0.25, 0.3) is 5.91 Å². The molecule has 8 nitrogen and oxygen atoms in total. The van der Waals surface area contributed by atoms with Gasteiger partial charge >= 0.3 is 0 Å². The lowest BCUT2D eigenvalue weighted by Crippen LogP contribution is -2.16. The number of aryl methyl sites for hydroxylation is 1. The van der Waals surface area contributed by atoms with Crippen LogP contribution in [0, 0.1) is 0 Å². The van der Waals surface area contributed by atoms with Crippen LogP contribution in [0.3, 0.4) is 0 Å². The minimum absolute atomic E-state index is 0.256. The molecule has 21 heavy (non-hydrogen) atoms. The second kappa shape index (κ2) is 5.23. The summed E-state index contributed by atoms with van der Waals surface area (Å²) in [5.74, 6) is 1.39. The Labute approximate surface area is 120 Å². The molecule has 1 N–H and O–H groups in total. The Bertz CT molecular complexity index is 769. The third-order valence-electron chi connectivity index (χ3n) is 3.02. The average Bonchev–Trinajstić information content (AvgIpc) is 3.19. The lowest BCUT2D eigenvalue weighted by atomic mass is 10.4. The topological polar surface area (TPSA) is 90.8 Å². The van der Waals surface area contributed by atoms with Crippen LogP contribution in [0.5, 0.6) is 0 Å². The summed E-state index contributed by atoms with van der Waals surface area (Å²) < 4.78 is 8.94. The molecule has 0 radical (unpaired) electrons. The van der Waals surface area contributed by atoms with Gasteiger partial charge in [0.1, 0.15) is 18.0 Å². The fraction of sp³-hybridized carbons (Fsp3) is 0.231. The van der Waals surface area contributed by atoms with E-state index in [1.54, 1.807) is 36.3 Å². The van der Waals surface area contributed by atoms with E-state index < -0.39 is 0 Å². The second-order valence-corrected chi connectivity index (χ2v) is 4.51. The van der Waals surface area contributed by atoms with E-state index in [1.165, 1.54) is 0 Å². The molecule has 0 fully saturated rings. The van der Waals surface area contributed by atoms with Gasteiger partial charge in [-0.05, 0) is 12.1 Å². The van der Waals surface area contributed by atoms with E-state index in [4.69, 9.17) is 4.42 Å². The fourth-order valence-corrected chi connectivity index (χ4v) is 1.96. The number of rotatable bonds is 4. The standard InChI is InChI=1S/C13H14N6O2/c1-14-13(20)11-4-3-9(21-11)7-19-8-10(16-17-19)12-15-5-6-18(12)2/h3-6,8H,7H2,1-2H3,(H,14,20). The van der Waals surface area contributed by atoms with Crippen LogP contribution >= 0.6 is 0 Å². The van der Waals surface area contributed by atoms with E-state index in [1.807, 2.05) is 17.8 Å². The summed E-state index contributed by atoms with van der Waals surface area (Å²) in [4.78, 5) is 15.6. The molecule has 0 atom stereocenters. The molecule has 0 aliphatic rings. The Morgan fingerprint density at radius 3 is 3.00 bits per heavy atom. The number of hydrogen-bond donors (Lipinski definition) is 1. The molecule has 0 aromatic carbocycles. The smallest absolute Gasteiger partial charge is 0.286 e. The highest BCUT2D eigenvalue weighted by Crippen LogP contribution is 2.14. The van der Waals surface area contributed by atoms with Gasteiger partial charge in [-0.25, -0.2) is 9.67 Å². The number of amides is 1. The molecule has 0 aliphatic carbocycles. The zero-order valence-electron chi connectivity index (χ0n) is 11.6. The molecule has 0 saturated heterocycles. The highest BCUT2D eigenvalue weighted by atomic mass is 16.4. The largest absolute Gasteiger partial charge is 0.454 e. The van der Waals surface area contributed by atoms with Crippen molar-refractivity contribution in [3.8, 4) is 11.5 Å². The number of nitrogens with one attached hydrogen (secondary N) is 1. The quantitative estimate of drug-likeness (QED) is 0.761. The van der Waals surface area contributed by atoms with Crippen molar-refractivity contribution in [2.45, 2.75) is 6.54 Å². The molecule has 3 heterocycles. The maximum atomic E-state index is 11.4. The van der Waals surface area contributed by atoms with E-state index in [0.717, 1.165) is 5.82 Å². The lowest BCUT2D eigenvalue weighted by Gasteiger charge is -1.97. The molecule has 3 aromatic heterocycles. The van der Waals surface area contributed by atoms with Gasteiger partial charge in [0.15, 0.2) is 11.6 Å². The molecular formula is C13H14N6O2. The van der Waals surface area contributed by atoms with Gasteiger partial charge in [0, 0.05) is 26.5 Å². The van der Waals surface area contributed by atoms with Crippen molar-refractivity contribution in [3.05, 3.63) is 42.2 Å². The molecule has 0 bridgehead atoms. The number of furan rings is 1. The van der Waals surface area contributed by atoms with Crippen molar-refractivity contribution in [1.29, 1.82) is 0 Å². The number of hydrogen-bond acceptors (Lipinski definition) is 5. The summed E-state index contributed by atoms with van der Waals surface area (Å²) in [6.45, 7) is 0.397. The Balaban J connectivity index is 1.77. The minimum Gasteiger partial charge on any atom is -0.454 e. The van der Waals surface area contributed by atoms with Crippen LogP contribution in [-0.2, 0) is 13.6 Å². The van der Waals surface area contributed by atoms with E-state index >= 15 is 0 Å². The second-order valence-electron chi connectivity index (χ2n) is 4.51. The zero-order chi connectivity index (χ0) is 14.8. The van der Waals surface area contributed by atoms with Crippen LogP contribution in [0.1, 0.15) is 16.3 Å². The average molecular weight is 286 g/mol. The number of nitrogens with zero attached hydrogens (tertiary/aromatic N) is 5. The molecule has 8 heteroatoms. The zero-order valence-corrected chi connectivity index (χ0v) is 11.6. The summed E-state index contributed by atoms with van der Waals surface area (Å²) in [6, 6.07) is 3.37. The molecule has 108 valence electrons. The minimum atomic E-state index is -0.256. The van der Waals surface area contributed by atoms with Gasteiger partial charge in [-0.3, -0.25) is 4.79 Å². The maximum Gasteiger partial charge on any atom is 0.286 e. The predicted molar refractivity (Wildman–Crippen MR) is 73.4 cm³/mol. The van der Waals surface area contributed by atoms with Gasteiger partial charge in [-0.1, -0.05) is 5.21 Å². The summed E-state index contributed by atoms with van der Waals surface area (Å²) in [5, 5.41) is 10.6. The summed E-state index contributed by atoms with van der Waals surface area (Å²) >= 11 is 0. The number of carbonyl (C=O) groups excluding carboxylic acids is 1. The van der Waals surface area contributed by atoms with Gasteiger partial charge in [-0.2, -0.15) is 0 Å². The van der Waals surface area contributed by atoms with Crippen LogP contribution in [-0.4, -0.2) is 37.5 Å². The van der Waals surface area contributed by atoms with Gasteiger partial charge in [-0.15, -0.1) is 5.10 Å². The van der Waals surface area contributed by atoms with Crippen molar-refractivity contribution in [1.82, 2.24) is 29.9 Å². The normalized spacial score (nSPS) is 10.8. The molecular weight excluding hydrogens is 272 g/mol. The Hall–Kier alpha value is -2.90. The van der Waals surface area contributed by atoms with Crippen molar-refractivity contribution >= 4 is 5.91 Å². The molecule has 0 saturated carbocycles. The monoisotopic (exact) mass is 286 g/mol. The molecule has 3 rings (SSSR count). The van der Waals surface area contributed by atoms with E-state index in [0.29, 0.717) is 18.0 Å².